The summed E-state index contributed by atoms with van der Waals surface area (Å²) in [7, 11) is 0. The second-order valence-electron chi connectivity index (χ2n) is 4.98. The van der Waals surface area contributed by atoms with Gasteiger partial charge in [-0.1, -0.05) is 4.98 Å². The molecule has 1 aromatic rings. The van der Waals surface area contributed by atoms with E-state index in [1.54, 1.807) is 6.20 Å². The van der Waals surface area contributed by atoms with Crippen molar-refractivity contribution < 1.29 is 10.0 Å². The first-order chi connectivity index (χ1) is 8.68. The van der Waals surface area contributed by atoms with Gasteiger partial charge in [-0.05, 0) is 24.2 Å². The zero-order chi connectivity index (χ0) is 12.7. The van der Waals surface area contributed by atoms with Gasteiger partial charge in [0.2, 0.25) is 0 Å². The third kappa shape index (κ3) is 1.89. The topological polar surface area (TPSA) is 84.2 Å². The van der Waals surface area contributed by atoms with Crippen LogP contribution in [-0.2, 0) is 0 Å². The minimum atomic E-state index is -0.547. The fourth-order valence-corrected chi connectivity index (χ4v) is 2.93. The molecule has 1 saturated carbocycles. The number of aliphatic hydroxyl groups is 1. The van der Waals surface area contributed by atoms with E-state index < -0.39 is 11.0 Å². The molecule has 2 fully saturated rings. The van der Waals surface area contributed by atoms with Crippen LogP contribution in [0.2, 0.25) is 0 Å². The number of imidazole rings is 1. The van der Waals surface area contributed by atoms with Gasteiger partial charge in [-0.3, -0.25) is 4.90 Å². The quantitative estimate of drug-likeness (QED) is 0.483. The smallest absolute Gasteiger partial charge is 0.390 e. The van der Waals surface area contributed by atoms with Crippen LogP contribution in [0.4, 0.5) is 5.95 Å². The van der Waals surface area contributed by atoms with Crippen LogP contribution in [0.15, 0.2) is 12.4 Å². The summed E-state index contributed by atoms with van der Waals surface area (Å²) < 4.78 is 1.51. The summed E-state index contributed by atoms with van der Waals surface area (Å²) in [4.78, 5) is 16.4. The third-order valence-electron chi connectivity index (χ3n) is 3.91. The van der Waals surface area contributed by atoms with Crippen LogP contribution >= 0.6 is 0 Å². The molecule has 98 valence electrons. The van der Waals surface area contributed by atoms with E-state index >= 15 is 0 Å². The van der Waals surface area contributed by atoms with Gasteiger partial charge in [-0.25, -0.2) is 4.57 Å². The fourth-order valence-electron chi connectivity index (χ4n) is 2.93. The van der Waals surface area contributed by atoms with Crippen LogP contribution in [0.1, 0.15) is 25.3 Å². The monoisotopic (exact) mass is 252 g/mol. The zero-order valence-corrected chi connectivity index (χ0v) is 9.97. The van der Waals surface area contributed by atoms with Crippen LogP contribution < -0.4 is 0 Å². The molecule has 0 spiro atoms. The molecule has 0 aromatic carbocycles. The van der Waals surface area contributed by atoms with E-state index in [1.165, 1.54) is 10.8 Å². The predicted octanol–water partition coefficient (Wildman–Crippen LogP) is 0.561. The Hall–Kier alpha value is -1.47. The Balaban J connectivity index is 1.85. The average Bonchev–Trinajstić information content (AvgIpc) is 3.06. The minimum Gasteiger partial charge on any atom is -0.390 e. The van der Waals surface area contributed by atoms with Crippen molar-refractivity contribution >= 4 is 5.95 Å². The van der Waals surface area contributed by atoms with E-state index in [2.05, 4.69) is 9.88 Å². The lowest BCUT2D eigenvalue weighted by molar-refractivity contribution is -0.397. The summed E-state index contributed by atoms with van der Waals surface area (Å²) in [6, 6.07) is -0.0852. The molecule has 0 bridgehead atoms. The van der Waals surface area contributed by atoms with Crippen molar-refractivity contribution in [2.45, 2.75) is 37.5 Å². The van der Waals surface area contributed by atoms with E-state index in [0.29, 0.717) is 0 Å². The van der Waals surface area contributed by atoms with Gasteiger partial charge in [-0.2, -0.15) is 0 Å². The number of aliphatic hydroxyl groups excluding tert-OH is 1. The van der Waals surface area contributed by atoms with Gasteiger partial charge in [0, 0.05) is 19.1 Å². The number of aromatic nitrogens is 2. The van der Waals surface area contributed by atoms with E-state index in [9.17, 15) is 15.2 Å². The molecule has 1 N–H and O–H groups in total. The highest BCUT2D eigenvalue weighted by Gasteiger charge is 2.42. The minimum absolute atomic E-state index is 0.144. The van der Waals surface area contributed by atoms with Gasteiger partial charge in [-0.15, -0.1) is 0 Å². The van der Waals surface area contributed by atoms with E-state index in [0.717, 1.165) is 32.4 Å². The van der Waals surface area contributed by atoms with Crippen LogP contribution in [-0.4, -0.2) is 49.7 Å². The number of nitrogens with zero attached hydrogens (tertiary/aromatic N) is 4. The van der Waals surface area contributed by atoms with Crippen molar-refractivity contribution in [1.29, 1.82) is 0 Å². The summed E-state index contributed by atoms with van der Waals surface area (Å²) in [6.07, 6.45) is 5.19. The Morgan fingerprint density at radius 1 is 1.39 bits per heavy atom. The van der Waals surface area contributed by atoms with Crippen molar-refractivity contribution in [3.8, 4) is 0 Å². The van der Waals surface area contributed by atoms with Gasteiger partial charge in [0.25, 0.3) is 0 Å². The fraction of sp³-hybridized carbons (Fsp3) is 0.727. The second kappa shape index (κ2) is 4.33. The van der Waals surface area contributed by atoms with Crippen molar-refractivity contribution in [3.05, 3.63) is 22.5 Å². The number of hydrogen-bond acceptors (Lipinski definition) is 5. The lowest BCUT2D eigenvalue weighted by atomic mass is 9.88. The Morgan fingerprint density at radius 3 is 2.78 bits per heavy atom. The highest BCUT2D eigenvalue weighted by Crippen LogP contribution is 2.35. The Labute approximate surface area is 104 Å². The highest BCUT2D eigenvalue weighted by molar-refractivity contribution is 5.11. The highest BCUT2D eigenvalue weighted by atomic mass is 16.6. The summed E-state index contributed by atoms with van der Waals surface area (Å²) >= 11 is 0. The van der Waals surface area contributed by atoms with E-state index in [1.807, 2.05) is 0 Å². The van der Waals surface area contributed by atoms with Gasteiger partial charge >= 0.3 is 5.95 Å². The van der Waals surface area contributed by atoms with Crippen LogP contribution in [0.3, 0.4) is 0 Å². The molecule has 3 rings (SSSR count). The molecule has 1 aliphatic carbocycles. The molecule has 0 radical (unpaired) electrons. The summed E-state index contributed by atoms with van der Waals surface area (Å²) in [5, 5.41) is 21.3. The van der Waals surface area contributed by atoms with Crippen molar-refractivity contribution in [2.75, 3.05) is 13.1 Å². The molecule has 7 nitrogen and oxygen atoms in total. The first-order valence-electron chi connectivity index (χ1n) is 6.28. The Bertz CT molecular complexity index is 457. The molecule has 1 aromatic heterocycles. The first-order valence-corrected chi connectivity index (χ1v) is 6.28. The normalized spacial score (nSPS) is 32.4. The Morgan fingerprint density at radius 2 is 2.11 bits per heavy atom. The number of nitro groups is 1. The maximum absolute atomic E-state index is 10.9. The largest absolute Gasteiger partial charge is 0.434 e. The summed E-state index contributed by atoms with van der Waals surface area (Å²) in [6.45, 7) is 2.06. The van der Waals surface area contributed by atoms with Crippen LogP contribution in [0.25, 0.3) is 0 Å². The molecule has 18 heavy (non-hydrogen) atoms. The number of rotatable bonds is 3. The number of hydrogen-bond donors (Lipinski definition) is 1. The molecule has 1 aliphatic heterocycles. The molecule has 2 aliphatic rings. The lowest BCUT2D eigenvalue weighted by Crippen LogP contribution is -2.43. The molecule has 7 heteroatoms. The molecule has 1 saturated heterocycles. The second-order valence-corrected chi connectivity index (χ2v) is 4.98. The van der Waals surface area contributed by atoms with Crippen molar-refractivity contribution in [3.63, 3.8) is 0 Å². The van der Waals surface area contributed by atoms with Gasteiger partial charge < -0.3 is 15.2 Å². The molecule has 3 atom stereocenters. The zero-order valence-electron chi connectivity index (χ0n) is 9.97. The molecule has 2 heterocycles. The molecular formula is C11H16N4O3. The maximum atomic E-state index is 10.9. The summed E-state index contributed by atoms with van der Waals surface area (Å²) in [5.41, 5.74) is 0. The summed E-state index contributed by atoms with van der Waals surface area (Å²) in [5.74, 6) is -0.175. The molecular weight excluding hydrogens is 236 g/mol. The van der Waals surface area contributed by atoms with E-state index in [-0.39, 0.29) is 18.0 Å². The van der Waals surface area contributed by atoms with Gasteiger partial charge in [0.15, 0.2) is 0 Å². The van der Waals surface area contributed by atoms with Crippen molar-refractivity contribution in [2.24, 2.45) is 0 Å². The molecule has 1 unspecified atom stereocenters. The first kappa shape index (κ1) is 11.6. The van der Waals surface area contributed by atoms with Crippen LogP contribution in [0, 0.1) is 10.1 Å². The van der Waals surface area contributed by atoms with Crippen molar-refractivity contribution in [1.82, 2.24) is 14.5 Å². The SMILES string of the molecule is O=[N+]([O-])c1nccn1C1CCC[C@H](N2CC2)[C@H]1O. The van der Waals surface area contributed by atoms with Crippen LogP contribution in [0.5, 0.6) is 0 Å². The standard InChI is InChI=1S/C11H16N4O3/c16-10-8(13-6-7-13)2-1-3-9(10)14-5-4-12-11(14)15(17)18/h4-5,8-10,16H,1-3,6-7H2/t8-,9?,10+/m0/s1. The molecule has 0 amide bonds. The predicted molar refractivity (Wildman–Crippen MR) is 63.1 cm³/mol. The van der Waals surface area contributed by atoms with Gasteiger partial charge in [0.1, 0.15) is 24.5 Å². The maximum Gasteiger partial charge on any atom is 0.434 e. The average molecular weight is 252 g/mol. The lowest BCUT2D eigenvalue weighted by Gasteiger charge is -2.34. The van der Waals surface area contributed by atoms with Gasteiger partial charge in [0.05, 0.1) is 0 Å². The third-order valence-corrected chi connectivity index (χ3v) is 3.91. The Kier molecular flexibility index (Phi) is 2.79. The van der Waals surface area contributed by atoms with E-state index in [4.69, 9.17) is 0 Å².